The number of nitriles is 1. The van der Waals surface area contributed by atoms with Crippen LogP contribution >= 0.6 is 15.9 Å². The zero-order valence-electron chi connectivity index (χ0n) is 14.5. The Morgan fingerprint density at radius 1 is 1.31 bits per heavy atom. The summed E-state index contributed by atoms with van der Waals surface area (Å²) in [5.41, 5.74) is 13.3. The molecule has 1 atom stereocenters. The van der Waals surface area contributed by atoms with E-state index in [2.05, 4.69) is 74.5 Å². The number of hydrazine groups is 2. The van der Waals surface area contributed by atoms with Crippen LogP contribution in [0.2, 0.25) is 0 Å². The van der Waals surface area contributed by atoms with E-state index in [1.54, 1.807) is 0 Å². The van der Waals surface area contributed by atoms with Crippen molar-refractivity contribution in [1.82, 2.24) is 16.0 Å². The van der Waals surface area contributed by atoms with Crippen LogP contribution in [-0.4, -0.2) is 11.6 Å². The Bertz CT molecular complexity index is 915. The van der Waals surface area contributed by atoms with E-state index < -0.39 is 0 Å². The second-order valence-corrected chi connectivity index (χ2v) is 7.49. The van der Waals surface area contributed by atoms with Crippen molar-refractivity contribution >= 4 is 27.3 Å². The van der Waals surface area contributed by atoms with Gasteiger partial charge in [-0.2, -0.15) is 5.26 Å². The maximum atomic E-state index is 9.12. The minimum Gasteiger partial charge on any atom is -0.378 e. The third kappa shape index (κ3) is 3.05. The molecule has 0 aliphatic carbocycles. The topological polar surface area (TPSA) is 63.1 Å². The van der Waals surface area contributed by atoms with Crippen LogP contribution in [0.3, 0.4) is 0 Å². The molecule has 0 radical (unpaired) electrons. The fourth-order valence-electron chi connectivity index (χ4n) is 3.67. The molecule has 2 heterocycles. The van der Waals surface area contributed by atoms with Gasteiger partial charge in [0.1, 0.15) is 0 Å². The molecule has 5 nitrogen and oxygen atoms in total. The number of hydrogen-bond acceptors (Lipinski definition) is 5. The molecule has 2 aliphatic rings. The van der Waals surface area contributed by atoms with Crippen molar-refractivity contribution in [1.29, 1.82) is 5.26 Å². The first-order valence-corrected chi connectivity index (χ1v) is 9.48. The fraction of sp³-hybridized carbons (Fsp3) is 0.250. The molecule has 4 rings (SSSR count). The van der Waals surface area contributed by atoms with Gasteiger partial charge in [-0.1, -0.05) is 40.2 Å². The van der Waals surface area contributed by atoms with E-state index in [-0.39, 0.29) is 6.04 Å². The Kier molecular flexibility index (Phi) is 4.58. The molecule has 2 aromatic carbocycles. The molecule has 2 aliphatic heterocycles. The summed E-state index contributed by atoms with van der Waals surface area (Å²) in [5, 5.41) is 15.0. The number of allylic oxidation sites excluding steroid dienone is 1. The number of para-hydroxylation sites is 1. The first kappa shape index (κ1) is 17.0. The van der Waals surface area contributed by atoms with Crippen LogP contribution in [0.15, 0.2) is 52.6 Å². The molecule has 2 aromatic rings. The highest BCUT2D eigenvalue weighted by Gasteiger charge is 2.30. The normalized spacial score (nSPS) is 18.5. The molecule has 0 aromatic heterocycles. The van der Waals surface area contributed by atoms with Crippen LogP contribution in [0.5, 0.6) is 0 Å². The van der Waals surface area contributed by atoms with Crippen LogP contribution in [0.1, 0.15) is 36.1 Å². The molecule has 0 amide bonds. The number of anilines is 1. The largest absolute Gasteiger partial charge is 0.378 e. The van der Waals surface area contributed by atoms with Gasteiger partial charge in [0.25, 0.3) is 0 Å². The van der Waals surface area contributed by atoms with E-state index >= 15 is 0 Å². The number of nitrogens with zero attached hydrogens (tertiary/aromatic N) is 2. The smallest absolute Gasteiger partial charge is 0.0814 e. The van der Waals surface area contributed by atoms with Crippen molar-refractivity contribution < 1.29 is 0 Å². The molecule has 6 heteroatoms. The fourth-order valence-corrected chi connectivity index (χ4v) is 4.05. The van der Waals surface area contributed by atoms with E-state index in [0.29, 0.717) is 6.42 Å². The molecule has 0 saturated heterocycles. The molecule has 0 fully saturated rings. The van der Waals surface area contributed by atoms with Crippen LogP contribution < -0.4 is 16.3 Å². The minimum absolute atomic E-state index is 0.162. The summed E-state index contributed by atoms with van der Waals surface area (Å²) in [7, 11) is 0. The van der Waals surface area contributed by atoms with Crippen molar-refractivity contribution in [3.63, 3.8) is 0 Å². The number of halogens is 1. The maximum absolute atomic E-state index is 9.12. The highest BCUT2D eigenvalue weighted by atomic mass is 79.9. The SMILES string of the molecule is CC1=C2c3ccc(Br)cc3C(Nc3ccccc3CC#N)CCN2NN1. The molecular formula is C20H20BrN5. The van der Waals surface area contributed by atoms with Crippen molar-refractivity contribution in [2.75, 3.05) is 11.9 Å². The Balaban J connectivity index is 1.76. The average Bonchev–Trinajstić information content (AvgIpc) is 2.93. The summed E-state index contributed by atoms with van der Waals surface area (Å²) < 4.78 is 1.07. The molecule has 0 spiro atoms. The maximum Gasteiger partial charge on any atom is 0.0814 e. The van der Waals surface area contributed by atoms with Gasteiger partial charge in [0.15, 0.2) is 0 Å². The van der Waals surface area contributed by atoms with Crippen LogP contribution in [0.4, 0.5) is 5.69 Å². The molecule has 0 bridgehead atoms. The van der Waals surface area contributed by atoms with Gasteiger partial charge in [-0.15, -0.1) is 5.53 Å². The zero-order chi connectivity index (χ0) is 18.1. The van der Waals surface area contributed by atoms with Gasteiger partial charge < -0.3 is 10.7 Å². The van der Waals surface area contributed by atoms with Crippen molar-refractivity contribution in [2.24, 2.45) is 0 Å². The van der Waals surface area contributed by atoms with E-state index in [0.717, 1.165) is 34.4 Å². The standard InChI is InChI=1S/C20H20BrN5/c1-13-20-16-7-6-15(21)12-17(16)19(9-11-26(20)25-24-13)23-18-5-3-2-4-14(18)8-10-22/h2-7,12,19,23-25H,8-9,11H2,1H3. The predicted molar refractivity (Wildman–Crippen MR) is 106 cm³/mol. The first-order chi connectivity index (χ1) is 12.7. The number of fused-ring (bicyclic) bond motifs is 3. The van der Waals surface area contributed by atoms with Gasteiger partial charge in [0.2, 0.25) is 0 Å². The molecule has 3 N–H and O–H groups in total. The first-order valence-electron chi connectivity index (χ1n) is 8.68. The van der Waals surface area contributed by atoms with E-state index in [1.807, 2.05) is 18.2 Å². The zero-order valence-corrected chi connectivity index (χ0v) is 16.1. The van der Waals surface area contributed by atoms with Gasteiger partial charge in [0.05, 0.1) is 29.9 Å². The number of nitrogens with one attached hydrogen (secondary N) is 3. The average molecular weight is 410 g/mol. The Hall–Kier alpha value is -2.49. The molecule has 26 heavy (non-hydrogen) atoms. The van der Waals surface area contributed by atoms with E-state index in [1.165, 1.54) is 16.8 Å². The lowest BCUT2D eigenvalue weighted by molar-refractivity contribution is 0.281. The molecule has 1 unspecified atom stereocenters. The Morgan fingerprint density at radius 2 is 2.15 bits per heavy atom. The van der Waals surface area contributed by atoms with Crippen LogP contribution in [0, 0.1) is 11.3 Å². The summed E-state index contributed by atoms with van der Waals surface area (Å²) in [6.07, 6.45) is 1.35. The lowest BCUT2D eigenvalue weighted by Gasteiger charge is -2.22. The highest BCUT2D eigenvalue weighted by molar-refractivity contribution is 9.10. The molecule has 132 valence electrons. The third-order valence-corrected chi connectivity index (χ3v) is 5.40. The van der Waals surface area contributed by atoms with E-state index in [9.17, 15) is 0 Å². The van der Waals surface area contributed by atoms with Gasteiger partial charge in [0, 0.05) is 22.3 Å². The summed E-state index contributed by atoms with van der Waals surface area (Å²) >= 11 is 3.62. The summed E-state index contributed by atoms with van der Waals surface area (Å²) in [5.74, 6) is 0. The molecule has 0 saturated carbocycles. The van der Waals surface area contributed by atoms with Crippen molar-refractivity contribution in [3.8, 4) is 6.07 Å². The van der Waals surface area contributed by atoms with E-state index in [4.69, 9.17) is 5.26 Å². The van der Waals surface area contributed by atoms with Gasteiger partial charge in [-0.25, -0.2) is 0 Å². The third-order valence-electron chi connectivity index (χ3n) is 4.91. The quantitative estimate of drug-likeness (QED) is 0.712. The van der Waals surface area contributed by atoms with Crippen molar-refractivity contribution in [3.05, 3.63) is 69.3 Å². The van der Waals surface area contributed by atoms with Crippen LogP contribution in [0.25, 0.3) is 5.70 Å². The minimum atomic E-state index is 0.162. The Labute approximate surface area is 161 Å². The lowest BCUT2D eigenvalue weighted by atomic mass is 9.96. The summed E-state index contributed by atoms with van der Waals surface area (Å²) in [6.45, 7) is 2.97. The second kappa shape index (κ2) is 7.02. The number of rotatable bonds is 3. The van der Waals surface area contributed by atoms with Gasteiger partial charge in [-0.05, 0) is 42.7 Å². The molecular weight excluding hydrogens is 390 g/mol. The monoisotopic (exact) mass is 409 g/mol. The summed E-state index contributed by atoms with van der Waals surface area (Å²) in [6, 6.07) is 16.9. The lowest BCUT2D eigenvalue weighted by Crippen LogP contribution is -2.38. The Morgan fingerprint density at radius 3 is 3.00 bits per heavy atom. The van der Waals surface area contributed by atoms with Crippen molar-refractivity contribution in [2.45, 2.75) is 25.8 Å². The predicted octanol–water partition coefficient (Wildman–Crippen LogP) is 4.09. The summed E-state index contributed by atoms with van der Waals surface area (Å²) in [4.78, 5) is 0. The highest BCUT2D eigenvalue weighted by Crippen LogP contribution is 2.38. The van der Waals surface area contributed by atoms with Gasteiger partial charge in [-0.3, -0.25) is 5.01 Å². The number of benzene rings is 2. The van der Waals surface area contributed by atoms with Crippen LogP contribution in [-0.2, 0) is 6.42 Å². The second-order valence-electron chi connectivity index (χ2n) is 6.57. The van der Waals surface area contributed by atoms with Gasteiger partial charge >= 0.3 is 0 Å². The number of hydrogen-bond donors (Lipinski definition) is 3.